The molecule has 0 aliphatic rings. The first-order chi connectivity index (χ1) is 8.22. The summed E-state index contributed by atoms with van der Waals surface area (Å²) in [4.78, 5) is 9.83. The number of ether oxygens (including phenoxy) is 1. The molecule has 2 heterocycles. The number of hydrogen-bond acceptors (Lipinski definition) is 5. The fourth-order valence-electron chi connectivity index (χ4n) is 1.56. The molecule has 0 saturated heterocycles. The van der Waals surface area contributed by atoms with E-state index >= 15 is 0 Å². The van der Waals surface area contributed by atoms with E-state index in [9.17, 15) is 0 Å². The maximum absolute atomic E-state index is 5.64. The molecule has 90 valence electrons. The molecule has 0 fully saturated rings. The summed E-state index contributed by atoms with van der Waals surface area (Å²) in [5.41, 5.74) is 7.80. The van der Waals surface area contributed by atoms with Crippen LogP contribution in [0.3, 0.4) is 0 Å². The first-order valence-electron chi connectivity index (χ1n) is 5.37. The third-order valence-corrected chi connectivity index (χ3v) is 3.66. The van der Waals surface area contributed by atoms with Gasteiger partial charge in [0.1, 0.15) is 0 Å². The molecule has 0 amide bonds. The second-order valence-corrected chi connectivity index (χ2v) is 4.87. The van der Waals surface area contributed by atoms with Crippen molar-refractivity contribution in [2.24, 2.45) is 5.73 Å². The molecule has 5 heteroatoms. The molecule has 0 aliphatic carbocycles. The van der Waals surface area contributed by atoms with E-state index in [2.05, 4.69) is 9.97 Å². The van der Waals surface area contributed by atoms with Crippen molar-refractivity contribution in [3.05, 3.63) is 39.5 Å². The van der Waals surface area contributed by atoms with E-state index in [0.29, 0.717) is 12.4 Å². The van der Waals surface area contributed by atoms with Crippen LogP contribution < -0.4 is 10.5 Å². The molecule has 0 saturated carbocycles. The molecule has 2 aromatic heterocycles. The van der Waals surface area contributed by atoms with Gasteiger partial charge >= 0.3 is 0 Å². The van der Waals surface area contributed by atoms with Gasteiger partial charge in [-0.3, -0.25) is 0 Å². The minimum absolute atomic E-state index is 0.560. The molecule has 17 heavy (non-hydrogen) atoms. The summed E-state index contributed by atoms with van der Waals surface area (Å²) in [5.74, 6) is 0.631. The number of nitrogens with zero attached hydrogens (tertiary/aromatic N) is 2. The molecule has 0 unspecified atom stereocenters. The van der Waals surface area contributed by atoms with E-state index in [1.165, 1.54) is 0 Å². The quantitative estimate of drug-likeness (QED) is 0.899. The largest absolute Gasteiger partial charge is 0.481 e. The molecule has 0 aliphatic heterocycles. The van der Waals surface area contributed by atoms with Gasteiger partial charge in [0.2, 0.25) is 5.88 Å². The lowest BCUT2D eigenvalue weighted by atomic mass is 10.2. The summed E-state index contributed by atoms with van der Waals surface area (Å²) in [6.45, 7) is 2.55. The van der Waals surface area contributed by atoms with E-state index in [-0.39, 0.29) is 0 Å². The van der Waals surface area contributed by atoms with Crippen LogP contribution >= 0.6 is 11.3 Å². The molecule has 2 N–H and O–H groups in total. The normalized spacial score (nSPS) is 10.5. The molecule has 0 radical (unpaired) electrons. The summed E-state index contributed by atoms with van der Waals surface area (Å²) in [7, 11) is 1.61. The standard InChI is InChI=1S/C12H15N3OS/c1-8-10(6-13)17-12(15-8)5-9-3-4-11(16-2)14-7-9/h3-4,7H,5-6,13H2,1-2H3. The average Bonchev–Trinajstić information content (AvgIpc) is 2.70. The van der Waals surface area contributed by atoms with E-state index < -0.39 is 0 Å². The second kappa shape index (κ2) is 5.25. The van der Waals surface area contributed by atoms with Crippen molar-refractivity contribution in [2.75, 3.05) is 7.11 Å². The van der Waals surface area contributed by atoms with Crippen LogP contribution in [0.2, 0.25) is 0 Å². The van der Waals surface area contributed by atoms with Crippen LogP contribution in [0.5, 0.6) is 5.88 Å². The van der Waals surface area contributed by atoms with Gasteiger partial charge in [-0.15, -0.1) is 11.3 Å². The predicted molar refractivity (Wildman–Crippen MR) is 68.3 cm³/mol. The van der Waals surface area contributed by atoms with Crippen LogP contribution in [0.25, 0.3) is 0 Å². The smallest absolute Gasteiger partial charge is 0.212 e. The zero-order chi connectivity index (χ0) is 12.3. The minimum atomic E-state index is 0.560. The fraction of sp³-hybridized carbons (Fsp3) is 0.333. The monoisotopic (exact) mass is 249 g/mol. The Hall–Kier alpha value is -1.46. The highest BCUT2D eigenvalue weighted by atomic mass is 32.1. The highest BCUT2D eigenvalue weighted by Crippen LogP contribution is 2.20. The lowest BCUT2D eigenvalue weighted by Gasteiger charge is -2.00. The Morgan fingerprint density at radius 3 is 2.76 bits per heavy atom. The Bertz CT molecular complexity index is 493. The zero-order valence-corrected chi connectivity index (χ0v) is 10.8. The maximum atomic E-state index is 5.64. The summed E-state index contributed by atoms with van der Waals surface area (Å²) < 4.78 is 5.02. The molecule has 0 bridgehead atoms. The van der Waals surface area contributed by atoms with E-state index in [4.69, 9.17) is 10.5 Å². The van der Waals surface area contributed by atoms with Crippen LogP contribution in [-0.4, -0.2) is 17.1 Å². The summed E-state index contributed by atoms with van der Waals surface area (Å²) in [6, 6.07) is 3.87. The number of aromatic nitrogens is 2. The molecule has 0 atom stereocenters. The van der Waals surface area contributed by atoms with Gasteiger partial charge in [-0.1, -0.05) is 6.07 Å². The lowest BCUT2D eigenvalue weighted by molar-refractivity contribution is 0.397. The Balaban J connectivity index is 2.13. The van der Waals surface area contributed by atoms with Crippen LogP contribution in [-0.2, 0) is 13.0 Å². The first kappa shape index (κ1) is 12.0. The van der Waals surface area contributed by atoms with Crippen LogP contribution in [0.15, 0.2) is 18.3 Å². The third kappa shape index (κ3) is 2.81. The Morgan fingerprint density at radius 2 is 2.24 bits per heavy atom. The molecule has 4 nitrogen and oxygen atoms in total. The Morgan fingerprint density at radius 1 is 1.41 bits per heavy atom. The SMILES string of the molecule is COc1ccc(Cc2nc(C)c(CN)s2)cn1. The van der Waals surface area contributed by atoms with Gasteiger partial charge in [0, 0.05) is 30.1 Å². The number of pyridine rings is 1. The third-order valence-electron chi connectivity index (χ3n) is 2.48. The maximum Gasteiger partial charge on any atom is 0.212 e. The van der Waals surface area contributed by atoms with Crippen molar-refractivity contribution in [3.63, 3.8) is 0 Å². The van der Waals surface area contributed by atoms with E-state index in [1.54, 1.807) is 18.4 Å². The topological polar surface area (TPSA) is 61.0 Å². The van der Waals surface area contributed by atoms with Crippen LogP contribution in [0, 0.1) is 6.92 Å². The number of rotatable bonds is 4. The van der Waals surface area contributed by atoms with Crippen LogP contribution in [0.4, 0.5) is 0 Å². The zero-order valence-electron chi connectivity index (χ0n) is 9.93. The number of thiazole rings is 1. The van der Waals surface area contributed by atoms with Gasteiger partial charge in [-0.05, 0) is 12.5 Å². The van der Waals surface area contributed by atoms with Crippen molar-refractivity contribution < 1.29 is 4.74 Å². The average molecular weight is 249 g/mol. The van der Waals surface area contributed by atoms with Gasteiger partial charge in [-0.25, -0.2) is 9.97 Å². The van der Waals surface area contributed by atoms with Gasteiger partial charge in [0.25, 0.3) is 0 Å². The molecule has 0 aromatic carbocycles. The molecule has 2 aromatic rings. The molecule has 2 rings (SSSR count). The van der Waals surface area contributed by atoms with Gasteiger partial charge in [0.05, 0.1) is 17.8 Å². The van der Waals surface area contributed by atoms with E-state index in [1.807, 2.05) is 25.3 Å². The van der Waals surface area contributed by atoms with Gasteiger partial charge in [0.15, 0.2) is 0 Å². The summed E-state index contributed by atoms with van der Waals surface area (Å²) in [6.07, 6.45) is 2.61. The van der Waals surface area contributed by atoms with Gasteiger partial charge < -0.3 is 10.5 Å². The Kier molecular flexibility index (Phi) is 3.71. The molecule has 0 spiro atoms. The summed E-state index contributed by atoms with van der Waals surface area (Å²) in [5, 5.41) is 1.08. The lowest BCUT2D eigenvalue weighted by Crippen LogP contribution is -1.94. The van der Waals surface area contributed by atoms with Crippen LogP contribution in [0.1, 0.15) is 21.1 Å². The number of methoxy groups -OCH3 is 1. The molecular weight excluding hydrogens is 234 g/mol. The van der Waals surface area contributed by atoms with Gasteiger partial charge in [-0.2, -0.15) is 0 Å². The number of aryl methyl sites for hydroxylation is 1. The minimum Gasteiger partial charge on any atom is -0.481 e. The fourth-order valence-corrected chi connectivity index (χ4v) is 2.55. The van der Waals surface area contributed by atoms with Crippen molar-refractivity contribution in [1.82, 2.24) is 9.97 Å². The summed E-state index contributed by atoms with van der Waals surface area (Å²) >= 11 is 1.67. The first-order valence-corrected chi connectivity index (χ1v) is 6.18. The van der Waals surface area contributed by atoms with Crippen molar-refractivity contribution >= 4 is 11.3 Å². The highest BCUT2D eigenvalue weighted by molar-refractivity contribution is 7.11. The van der Waals surface area contributed by atoms with Crippen molar-refractivity contribution in [2.45, 2.75) is 19.9 Å². The second-order valence-electron chi connectivity index (χ2n) is 3.71. The van der Waals surface area contributed by atoms with E-state index in [0.717, 1.165) is 27.6 Å². The number of hydrogen-bond donors (Lipinski definition) is 1. The van der Waals surface area contributed by atoms with Crippen molar-refractivity contribution in [3.8, 4) is 5.88 Å². The number of nitrogens with two attached hydrogens (primary N) is 1. The highest BCUT2D eigenvalue weighted by Gasteiger charge is 2.07. The predicted octanol–water partition coefficient (Wildman–Crippen LogP) is 1.90. The van der Waals surface area contributed by atoms with Crippen molar-refractivity contribution in [1.29, 1.82) is 0 Å². The Labute approximate surface area is 104 Å². The molecular formula is C12H15N3OS.